The van der Waals surface area contributed by atoms with Crippen LogP contribution in [0.25, 0.3) is 0 Å². The van der Waals surface area contributed by atoms with Gasteiger partial charge in [-0.2, -0.15) is 18.3 Å². The summed E-state index contributed by atoms with van der Waals surface area (Å²) in [5, 5.41) is 11.7. The standard InChI is InChI=1S/C7H7F3N2O2/c8-7(9,10)5-1-3-11-12(5)4-2-6(13)14/h1,3H,2,4H2,(H,13,14). The number of hydrogen-bond acceptors (Lipinski definition) is 2. The molecule has 14 heavy (non-hydrogen) atoms. The molecule has 0 unspecified atom stereocenters. The molecular weight excluding hydrogens is 201 g/mol. The van der Waals surface area contributed by atoms with E-state index in [0.717, 1.165) is 12.3 Å². The number of rotatable bonds is 3. The van der Waals surface area contributed by atoms with Crippen LogP contribution in [-0.2, 0) is 17.5 Å². The zero-order valence-corrected chi connectivity index (χ0v) is 6.95. The summed E-state index contributed by atoms with van der Waals surface area (Å²) in [6.45, 7) is -0.281. The van der Waals surface area contributed by atoms with E-state index in [2.05, 4.69) is 5.10 Å². The molecule has 0 spiro atoms. The lowest BCUT2D eigenvalue weighted by atomic mass is 10.4. The Bertz CT molecular complexity index is 332. The van der Waals surface area contributed by atoms with Gasteiger partial charge in [-0.1, -0.05) is 0 Å². The molecule has 78 valence electrons. The summed E-state index contributed by atoms with van der Waals surface area (Å²) in [6.07, 6.45) is -3.88. The van der Waals surface area contributed by atoms with Crippen molar-refractivity contribution in [2.24, 2.45) is 0 Å². The lowest BCUT2D eigenvalue weighted by Crippen LogP contribution is -2.16. The fourth-order valence-corrected chi connectivity index (χ4v) is 0.953. The van der Waals surface area contributed by atoms with E-state index < -0.39 is 17.8 Å². The second kappa shape index (κ2) is 3.69. The van der Waals surface area contributed by atoms with Crippen LogP contribution in [0.15, 0.2) is 12.3 Å². The number of hydrogen-bond donors (Lipinski definition) is 1. The number of carbonyl (C=O) groups is 1. The predicted octanol–water partition coefficient (Wildman–Crippen LogP) is 1.38. The summed E-state index contributed by atoms with van der Waals surface area (Å²) < 4.78 is 37.2. The fourth-order valence-electron chi connectivity index (χ4n) is 0.953. The first-order chi connectivity index (χ1) is 6.41. The average molecular weight is 208 g/mol. The number of nitrogens with zero attached hydrogens (tertiary/aromatic N) is 2. The smallest absolute Gasteiger partial charge is 0.433 e. The van der Waals surface area contributed by atoms with Gasteiger partial charge in [-0.3, -0.25) is 9.48 Å². The van der Waals surface area contributed by atoms with Crippen molar-refractivity contribution in [2.75, 3.05) is 0 Å². The van der Waals surface area contributed by atoms with Crippen LogP contribution in [0, 0.1) is 0 Å². The van der Waals surface area contributed by atoms with Gasteiger partial charge < -0.3 is 5.11 Å². The SMILES string of the molecule is O=C(O)CCn1nccc1C(F)(F)F. The fraction of sp³-hybridized carbons (Fsp3) is 0.429. The molecule has 1 N–H and O–H groups in total. The third kappa shape index (κ3) is 2.48. The molecule has 0 aliphatic carbocycles. The molecule has 0 atom stereocenters. The first-order valence-corrected chi connectivity index (χ1v) is 3.72. The maximum absolute atomic E-state index is 12.2. The first-order valence-electron chi connectivity index (χ1n) is 3.72. The minimum Gasteiger partial charge on any atom is -0.481 e. The van der Waals surface area contributed by atoms with Crippen molar-refractivity contribution in [1.82, 2.24) is 9.78 Å². The van der Waals surface area contributed by atoms with E-state index in [4.69, 9.17) is 5.11 Å². The monoisotopic (exact) mass is 208 g/mol. The van der Waals surface area contributed by atoms with Crippen LogP contribution in [0.1, 0.15) is 12.1 Å². The number of aromatic nitrogens is 2. The Kier molecular flexibility index (Phi) is 2.78. The maximum Gasteiger partial charge on any atom is 0.433 e. The quantitative estimate of drug-likeness (QED) is 0.816. The Labute approximate surface area is 77.0 Å². The Morgan fingerprint density at radius 1 is 1.57 bits per heavy atom. The minimum absolute atomic E-state index is 0.281. The highest BCUT2D eigenvalue weighted by Crippen LogP contribution is 2.28. The van der Waals surface area contributed by atoms with Crippen LogP contribution in [0.3, 0.4) is 0 Å². The van der Waals surface area contributed by atoms with Gasteiger partial charge in [-0.05, 0) is 6.07 Å². The molecule has 0 saturated heterocycles. The first kappa shape index (κ1) is 10.6. The van der Waals surface area contributed by atoms with Gasteiger partial charge in [0.1, 0.15) is 5.69 Å². The van der Waals surface area contributed by atoms with Gasteiger partial charge in [0.2, 0.25) is 0 Å². The van der Waals surface area contributed by atoms with Gasteiger partial charge in [0, 0.05) is 6.20 Å². The summed E-state index contributed by atoms with van der Waals surface area (Å²) in [4.78, 5) is 10.1. The molecule has 1 rings (SSSR count). The molecule has 0 aliphatic heterocycles. The average Bonchev–Trinajstić information content (AvgIpc) is 2.46. The number of aliphatic carboxylic acids is 1. The van der Waals surface area contributed by atoms with Gasteiger partial charge in [0.15, 0.2) is 0 Å². The van der Waals surface area contributed by atoms with E-state index in [-0.39, 0.29) is 13.0 Å². The summed E-state index contributed by atoms with van der Waals surface area (Å²) in [7, 11) is 0. The third-order valence-electron chi connectivity index (χ3n) is 1.54. The van der Waals surface area contributed by atoms with Gasteiger partial charge in [0.25, 0.3) is 0 Å². The van der Waals surface area contributed by atoms with Gasteiger partial charge >= 0.3 is 12.1 Å². The van der Waals surface area contributed by atoms with E-state index in [1.54, 1.807) is 0 Å². The van der Waals surface area contributed by atoms with E-state index in [1.807, 2.05) is 0 Å². The lowest BCUT2D eigenvalue weighted by molar-refractivity contribution is -0.145. The minimum atomic E-state index is -4.49. The van der Waals surface area contributed by atoms with Crippen molar-refractivity contribution >= 4 is 5.97 Å². The molecule has 0 bridgehead atoms. The van der Waals surface area contributed by atoms with Crippen molar-refractivity contribution in [2.45, 2.75) is 19.1 Å². The van der Waals surface area contributed by atoms with Crippen molar-refractivity contribution in [3.63, 3.8) is 0 Å². The second-order valence-electron chi connectivity index (χ2n) is 2.58. The largest absolute Gasteiger partial charge is 0.481 e. The highest BCUT2D eigenvalue weighted by atomic mass is 19.4. The summed E-state index contributed by atoms with van der Waals surface area (Å²) in [5.74, 6) is -1.16. The number of aryl methyl sites for hydroxylation is 1. The predicted molar refractivity (Wildman–Crippen MR) is 39.5 cm³/mol. The number of alkyl halides is 3. The highest BCUT2D eigenvalue weighted by Gasteiger charge is 2.34. The Morgan fingerprint density at radius 3 is 2.71 bits per heavy atom. The van der Waals surface area contributed by atoms with Crippen LogP contribution >= 0.6 is 0 Å². The molecule has 4 nitrogen and oxygen atoms in total. The zero-order chi connectivity index (χ0) is 10.8. The van der Waals surface area contributed by atoms with Crippen LogP contribution in [0.2, 0.25) is 0 Å². The van der Waals surface area contributed by atoms with Crippen molar-refractivity contribution in [3.8, 4) is 0 Å². The van der Waals surface area contributed by atoms with Gasteiger partial charge in [-0.25, -0.2) is 0 Å². The van der Waals surface area contributed by atoms with E-state index in [0.29, 0.717) is 4.68 Å². The summed E-state index contributed by atoms with van der Waals surface area (Å²) in [6, 6.07) is 0.807. The van der Waals surface area contributed by atoms with Crippen molar-refractivity contribution < 1.29 is 23.1 Å². The molecular formula is C7H7F3N2O2. The Hall–Kier alpha value is -1.53. The summed E-state index contributed by atoms with van der Waals surface area (Å²) >= 11 is 0. The summed E-state index contributed by atoms with van der Waals surface area (Å²) in [5.41, 5.74) is -0.932. The van der Waals surface area contributed by atoms with E-state index in [9.17, 15) is 18.0 Å². The molecule has 0 aliphatic rings. The van der Waals surface area contributed by atoms with E-state index >= 15 is 0 Å². The molecule has 7 heteroatoms. The van der Waals surface area contributed by atoms with Crippen LogP contribution in [0.4, 0.5) is 13.2 Å². The van der Waals surface area contributed by atoms with Gasteiger partial charge in [0.05, 0.1) is 13.0 Å². The molecule has 0 amide bonds. The normalized spacial score (nSPS) is 11.6. The Balaban J connectivity index is 2.78. The van der Waals surface area contributed by atoms with Crippen LogP contribution in [0.5, 0.6) is 0 Å². The number of carboxylic acids is 1. The molecule has 1 aromatic rings. The molecule has 0 saturated carbocycles. The van der Waals surface area contributed by atoms with Crippen molar-refractivity contribution in [3.05, 3.63) is 18.0 Å². The zero-order valence-electron chi connectivity index (χ0n) is 6.95. The Morgan fingerprint density at radius 2 is 2.21 bits per heavy atom. The van der Waals surface area contributed by atoms with Crippen molar-refractivity contribution in [1.29, 1.82) is 0 Å². The third-order valence-corrected chi connectivity index (χ3v) is 1.54. The number of carboxylic acid groups (broad SMARTS) is 1. The molecule has 0 radical (unpaired) electrons. The molecule has 0 fully saturated rings. The maximum atomic E-state index is 12.2. The van der Waals surface area contributed by atoms with Crippen LogP contribution < -0.4 is 0 Å². The second-order valence-corrected chi connectivity index (χ2v) is 2.58. The molecule has 0 aromatic carbocycles. The van der Waals surface area contributed by atoms with E-state index in [1.165, 1.54) is 0 Å². The molecule has 1 heterocycles. The highest BCUT2D eigenvalue weighted by molar-refractivity contribution is 5.66. The molecule has 1 aromatic heterocycles. The van der Waals surface area contributed by atoms with Crippen LogP contribution in [-0.4, -0.2) is 20.9 Å². The lowest BCUT2D eigenvalue weighted by Gasteiger charge is -2.08. The topological polar surface area (TPSA) is 55.1 Å². The number of halogens is 3. The van der Waals surface area contributed by atoms with Gasteiger partial charge in [-0.15, -0.1) is 0 Å².